The van der Waals surface area contributed by atoms with Crippen LogP contribution in [-0.2, 0) is 0 Å². The molecule has 0 aliphatic carbocycles. The molecule has 0 bridgehead atoms. The molecule has 0 N–H and O–H groups in total. The van der Waals surface area contributed by atoms with Crippen molar-refractivity contribution in [2.75, 3.05) is 0 Å². The molecule has 0 atom stereocenters. The molecule has 0 radical (unpaired) electrons. The van der Waals surface area contributed by atoms with Crippen molar-refractivity contribution in [3.05, 3.63) is 182 Å². The quantitative estimate of drug-likeness (QED) is 0.186. The van der Waals surface area contributed by atoms with Gasteiger partial charge in [0.2, 0.25) is 0 Å². The van der Waals surface area contributed by atoms with Crippen molar-refractivity contribution in [1.29, 1.82) is 0 Å². The lowest BCUT2D eigenvalue weighted by atomic mass is 10.0. The van der Waals surface area contributed by atoms with E-state index in [1.165, 1.54) is 54.7 Å². The fourth-order valence-corrected chi connectivity index (χ4v) is 8.20. The molecule has 0 spiro atoms. The summed E-state index contributed by atoms with van der Waals surface area (Å²) in [6.45, 7) is 0. The van der Waals surface area contributed by atoms with Crippen molar-refractivity contribution in [3.63, 3.8) is 0 Å². The van der Waals surface area contributed by atoms with Crippen LogP contribution in [0.2, 0.25) is 0 Å². The summed E-state index contributed by atoms with van der Waals surface area (Å²) in [5, 5.41) is 7.29. The van der Waals surface area contributed by atoms with E-state index in [4.69, 9.17) is 4.42 Å². The number of hydrogen-bond acceptors (Lipinski definition) is 1. The summed E-state index contributed by atoms with van der Waals surface area (Å²) < 4.78 is 11.2. The minimum absolute atomic E-state index is 0.915. The molecular weight excluding hydrogens is 621 g/mol. The number of hydrogen-bond donors (Lipinski definition) is 0. The van der Waals surface area contributed by atoms with Crippen LogP contribution in [0.4, 0.5) is 0 Å². The van der Waals surface area contributed by atoms with Crippen LogP contribution in [-0.4, -0.2) is 9.13 Å². The maximum Gasteiger partial charge on any atom is 0.143 e. The highest BCUT2D eigenvalue weighted by molar-refractivity contribution is 6.13. The monoisotopic (exact) mass is 650 g/mol. The Labute approximate surface area is 293 Å². The molecule has 0 aliphatic heterocycles. The van der Waals surface area contributed by atoms with Crippen LogP contribution < -0.4 is 0 Å². The smallest absolute Gasteiger partial charge is 0.143 e. The summed E-state index contributed by atoms with van der Waals surface area (Å²) in [5.41, 5.74) is 13.5. The molecule has 3 nitrogen and oxygen atoms in total. The Balaban J connectivity index is 1.07. The molecule has 3 heterocycles. The molecule has 51 heavy (non-hydrogen) atoms. The van der Waals surface area contributed by atoms with Gasteiger partial charge in [-0.25, -0.2) is 0 Å². The third-order valence-electron chi connectivity index (χ3n) is 10.5. The Hall–Kier alpha value is -6.84. The molecule has 3 heteroatoms. The van der Waals surface area contributed by atoms with E-state index < -0.39 is 0 Å². The summed E-state index contributed by atoms with van der Waals surface area (Å²) in [6, 6.07) is 65.5. The first kappa shape index (κ1) is 28.0. The second-order valence-electron chi connectivity index (χ2n) is 13.3. The fourth-order valence-electron chi connectivity index (χ4n) is 8.20. The average Bonchev–Trinajstić information content (AvgIpc) is 3.85. The van der Waals surface area contributed by atoms with E-state index >= 15 is 0 Å². The molecule has 0 saturated heterocycles. The first-order valence-electron chi connectivity index (χ1n) is 17.4. The number of para-hydroxylation sites is 5. The zero-order valence-electron chi connectivity index (χ0n) is 27.6. The minimum Gasteiger partial charge on any atom is -0.455 e. The molecule has 8 aromatic carbocycles. The maximum absolute atomic E-state index is 6.38. The van der Waals surface area contributed by atoms with Crippen molar-refractivity contribution >= 4 is 65.6 Å². The number of furan rings is 1. The van der Waals surface area contributed by atoms with Crippen LogP contribution in [0.3, 0.4) is 0 Å². The maximum atomic E-state index is 6.38. The van der Waals surface area contributed by atoms with Crippen molar-refractivity contribution in [3.8, 4) is 33.6 Å². The van der Waals surface area contributed by atoms with Gasteiger partial charge in [-0.1, -0.05) is 127 Å². The van der Waals surface area contributed by atoms with Crippen LogP contribution in [0.5, 0.6) is 0 Å². The van der Waals surface area contributed by atoms with Gasteiger partial charge in [0, 0.05) is 49.3 Å². The van der Waals surface area contributed by atoms with Crippen LogP contribution in [0.25, 0.3) is 99.2 Å². The van der Waals surface area contributed by atoms with Crippen molar-refractivity contribution in [2.24, 2.45) is 0 Å². The number of nitrogens with zero attached hydrogens (tertiary/aromatic N) is 2. The number of rotatable bonds is 4. The second-order valence-corrected chi connectivity index (χ2v) is 13.3. The predicted octanol–water partition coefficient (Wildman–Crippen LogP) is 13.1. The zero-order chi connectivity index (χ0) is 33.5. The van der Waals surface area contributed by atoms with E-state index in [0.717, 1.165) is 44.4 Å². The Morgan fingerprint density at radius 3 is 1.45 bits per heavy atom. The fraction of sp³-hybridized carbons (Fsp3) is 0. The van der Waals surface area contributed by atoms with Gasteiger partial charge in [-0.3, -0.25) is 0 Å². The van der Waals surface area contributed by atoms with Gasteiger partial charge in [-0.05, 0) is 71.3 Å². The second kappa shape index (κ2) is 10.8. The molecule has 0 amide bonds. The van der Waals surface area contributed by atoms with Crippen LogP contribution in [0, 0.1) is 0 Å². The van der Waals surface area contributed by atoms with Gasteiger partial charge in [0.25, 0.3) is 0 Å². The molecule has 238 valence electrons. The molecule has 0 fully saturated rings. The average molecular weight is 651 g/mol. The van der Waals surface area contributed by atoms with Gasteiger partial charge in [0.15, 0.2) is 0 Å². The Bertz CT molecular complexity index is 3120. The molecular formula is C48H30N2O. The first-order valence-corrected chi connectivity index (χ1v) is 17.4. The van der Waals surface area contributed by atoms with E-state index in [9.17, 15) is 0 Å². The van der Waals surface area contributed by atoms with Crippen molar-refractivity contribution < 1.29 is 4.42 Å². The Morgan fingerprint density at radius 1 is 0.314 bits per heavy atom. The topological polar surface area (TPSA) is 23.0 Å². The highest BCUT2D eigenvalue weighted by atomic mass is 16.3. The summed E-state index contributed by atoms with van der Waals surface area (Å²) in [4.78, 5) is 0. The largest absolute Gasteiger partial charge is 0.455 e. The summed E-state index contributed by atoms with van der Waals surface area (Å²) in [5.74, 6) is 0. The predicted molar refractivity (Wildman–Crippen MR) is 213 cm³/mol. The SMILES string of the molecule is c1ccc(-n2c3ccccc3c3ccc(-c4ccc5c6ccccc6n(-c6ccc(-c7cccc8c7oc7ccccc78)cc6)c5c4)cc32)cc1. The van der Waals surface area contributed by atoms with Gasteiger partial charge in [-0.2, -0.15) is 0 Å². The third kappa shape index (κ3) is 4.19. The molecule has 0 unspecified atom stereocenters. The molecule has 11 rings (SSSR count). The number of fused-ring (bicyclic) bond motifs is 9. The van der Waals surface area contributed by atoms with Gasteiger partial charge < -0.3 is 13.6 Å². The highest BCUT2D eigenvalue weighted by Crippen LogP contribution is 2.39. The Kier molecular flexibility index (Phi) is 5.96. The highest BCUT2D eigenvalue weighted by Gasteiger charge is 2.17. The lowest BCUT2D eigenvalue weighted by Gasteiger charge is -2.11. The van der Waals surface area contributed by atoms with E-state index in [2.05, 4.69) is 179 Å². The summed E-state index contributed by atoms with van der Waals surface area (Å²) in [6.07, 6.45) is 0. The molecule has 11 aromatic rings. The third-order valence-corrected chi connectivity index (χ3v) is 10.5. The van der Waals surface area contributed by atoms with E-state index in [1.807, 2.05) is 12.1 Å². The van der Waals surface area contributed by atoms with Crippen LogP contribution in [0.15, 0.2) is 186 Å². The van der Waals surface area contributed by atoms with Gasteiger partial charge in [-0.15, -0.1) is 0 Å². The van der Waals surface area contributed by atoms with E-state index in [1.54, 1.807) is 0 Å². The van der Waals surface area contributed by atoms with E-state index in [0.29, 0.717) is 0 Å². The van der Waals surface area contributed by atoms with E-state index in [-0.39, 0.29) is 0 Å². The van der Waals surface area contributed by atoms with Gasteiger partial charge in [0.05, 0.1) is 22.1 Å². The molecule has 0 aliphatic rings. The van der Waals surface area contributed by atoms with Crippen molar-refractivity contribution in [1.82, 2.24) is 9.13 Å². The summed E-state index contributed by atoms with van der Waals surface area (Å²) in [7, 11) is 0. The van der Waals surface area contributed by atoms with Crippen LogP contribution >= 0.6 is 0 Å². The van der Waals surface area contributed by atoms with Gasteiger partial charge >= 0.3 is 0 Å². The lowest BCUT2D eigenvalue weighted by Crippen LogP contribution is -1.94. The first-order chi connectivity index (χ1) is 25.3. The van der Waals surface area contributed by atoms with Crippen LogP contribution in [0.1, 0.15) is 0 Å². The zero-order valence-corrected chi connectivity index (χ0v) is 27.6. The lowest BCUT2D eigenvalue weighted by molar-refractivity contribution is 0.670. The summed E-state index contributed by atoms with van der Waals surface area (Å²) >= 11 is 0. The standard InChI is InChI=1S/C48H30N2O/c1-2-11-34(12-3-1)49-43-18-7-4-13-37(43)39-27-23-32(29-45(39)49)33-24-28-40-38-14-5-8-19-44(38)50(46(40)30-33)35-25-21-31(22-26-35)36-16-10-17-42-41-15-6-9-20-47(41)51-48(36)42/h1-30H. The molecule has 3 aromatic heterocycles. The molecule has 0 saturated carbocycles. The Morgan fingerprint density at radius 2 is 0.804 bits per heavy atom. The normalized spacial score (nSPS) is 11.9. The number of benzene rings is 8. The van der Waals surface area contributed by atoms with Gasteiger partial charge in [0.1, 0.15) is 11.2 Å². The number of aromatic nitrogens is 2. The van der Waals surface area contributed by atoms with Crippen molar-refractivity contribution in [2.45, 2.75) is 0 Å². The minimum atomic E-state index is 0.915.